The van der Waals surface area contributed by atoms with Crippen LogP contribution in [0.4, 0.5) is 0 Å². The Labute approximate surface area is 106 Å². The van der Waals surface area contributed by atoms with Crippen molar-refractivity contribution in [3.05, 3.63) is 35.4 Å². The van der Waals surface area contributed by atoms with Crippen LogP contribution in [0.2, 0.25) is 0 Å². The molecule has 1 rings (SSSR count). The molecule has 0 heterocycles. The molecule has 18 heavy (non-hydrogen) atoms. The number of hydrogen-bond acceptors (Lipinski definition) is 4. The first kappa shape index (κ1) is 14.6. The second kappa shape index (κ2) is 6.48. The number of hydroxylamine groups is 1. The summed E-state index contributed by atoms with van der Waals surface area (Å²) in [5.74, 6) is -1.08. The highest BCUT2D eigenvalue weighted by Gasteiger charge is 2.13. The van der Waals surface area contributed by atoms with E-state index in [2.05, 4.69) is 4.72 Å². The van der Waals surface area contributed by atoms with Crippen LogP contribution in [0.15, 0.2) is 24.3 Å². The molecule has 0 aliphatic heterocycles. The van der Waals surface area contributed by atoms with Gasteiger partial charge in [-0.1, -0.05) is 24.3 Å². The maximum absolute atomic E-state index is 11.6. The zero-order valence-electron chi connectivity index (χ0n) is 10.0. The van der Waals surface area contributed by atoms with E-state index in [9.17, 15) is 13.2 Å². The van der Waals surface area contributed by atoms with Crippen molar-refractivity contribution in [3.63, 3.8) is 0 Å². The van der Waals surface area contributed by atoms with Crippen LogP contribution >= 0.6 is 0 Å². The third-order valence-corrected chi connectivity index (χ3v) is 3.79. The molecule has 1 aromatic carbocycles. The monoisotopic (exact) mass is 272 g/mol. The van der Waals surface area contributed by atoms with Crippen molar-refractivity contribution in [2.75, 3.05) is 5.75 Å². The van der Waals surface area contributed by atoms with Crippen molar-refractivity contribution in [3.8, 4) is 0 Å². The number of aryl methyl sites for hydroxylation is 1. The van der Waals surface area contributed by atoms with Gasteiger partial charge in [0.25, 0.3) is 0 Å². The van der Waals surface area contributed by atoms with Gasteiger partial charge >= 0.3 is 0 Å². The Bertz CT molecular complexity index is 514. The summed E-state index contributed by atoms with van der Waals surface area (Å²) in [6.45, 7) is 2.08. The van der Waals surface area contributed by atoms with Gasteiger partial charge in [0.2, 0.25) is 15.9 Å². The first-order valence-electron chi connectivity index (χ1n) is 5.39. The molecule has 0 fully saturated rings. The number of sulfonamides is 1. The van der Waals surface area contributed by atoms with E-state index in [1.165, 1.54) is 5.48 Å². The van der Waals surface area contributed by atoms with Gasteiger partial charge in [-0.2, -0.15) is 0 Å². The molecule has 1 amide bonds. The average molecular weight is 272 g/mol. The van der Waals surface area contributed by atoms with E-state index in [1.54, 1.807) is 0 Å². The Hall–Kier alpha value is -1.44. The summed E-state index contributed by atoms with van der Waals surface area (Å²) in [5, 5.41) is 8.26. The molecule has 3 N–H and O–H groups in total. The molecule has 7 heteroatoms. The molecule has 100 valence electrons. The topological polar surface area (TPSA) is 95.5 Å². The predicted molar refractivity (Wildman–Crippen MR) is 66.4 cm³/mol. The van der Waals surface area contributed by atoms with Crippen molar-refractivity contribution >= 4 is 15.9 Å². The molecular weight excluding hydrogens is 256 g/mol. The van der Waals surface area contributed by atoms with Crippen LogP contribution < -0.4 is 10.2 Å². The number of carbonyl (C=O) groups excluding carboxylic acids is 1. The predicted octanol–water partition coefficient (Wildman–Crippen LogP) is 0.310. The maximum atomic E-state index is 11.6. The molecular formula is C11H16N2O4S. The summed E-state index contributed by atoms with van der Waals surface area (Å²) in [6.07, 6.45) is -0.278. The SMILES string of the molecule is Cc1ccccc1CNS(=O)(=O)CCC(=O)NO. The molecule has 0 aliphatic rings. The Morgan fingerprint density at radius 3 is 2.61 bits per heavy atom. The average Bonchev–Trinajstić information content (AvgIpc) is 2.35. The van der Waals surface area contributed by atoms with Gasteiger partial charge in [-0.3, -0.25) is 10.0 Å². The Balaban J connectivity index is 2.52. The van der Waals surface area contributed by atoms with Crippen LogP contribution in [-0.2, 0) is 21.4 Å². The largest absolute Gasteiger partial charge is 0.289 e. The lowest BCUT2D eigenvalue weighted by Gasteiger charge is -2.08. The smallest absolute Gasteiger partial charge is 0.244 e. The molecule has 0 spiro atoms. The normalized spacial score (nSPS) is 11.2. The third kappa shape index (κ3) is 4.82. The molecule has 0 aromatic heterocycles. The lowest BCUT2D eigenvalue weighted by Crippen LogP contribution is -2.29. The fraction of sp³-hybridized carbons (Fsp3) is 0.364. The van der Waals surface area contributed by atoms with Gasteiger partial charge in [-0.05, 0) is 18.1 Å². The number of rotatable bonds is 6. The molecule has 1 aromatic rings. The standard InChI is InChI=1S/C11H16N2O4S/c1-9-4-2-3-5-10(9)8-12-18(16,17)7-6-11(14)13-15/h2-5,12,15H,6-8H2,1H3,(H,13,14). The van der Waals surface area contributed by atoms with Gasteiger partial charge in [-0.15, -0.1) is 0 Å². The molecule has 0 unspecified atom stereocenters. The lowest BCUT2D eigenvalue weighted by molar-refractivity contribution is -0.128. The van der Waals surface area contributed by atoms with Crippen LogP contribution in [0.1, 0.15) is 17.5 Å². The van der Waals surface area contributed by atoms with Gasteiger partial charge in [-0.25, -0.2) is 18.6 Å². The highest BCUT2D eigenvalue weighted by atomic mass is 32.2. The fourth-order valence-corrected chi connectivity index (χ4v) is 2.33. The van der Waals surface area contributed by atoms with Crippen LogP contribution in [0, 0.1) is 6.92 Å². The van der Waals surface area contributed by atoms with E-state index >= 15 is 0 Å². The first-order chi connectivity index (χ1) is 8.44. The fourth-order valence-electron chi connectivity index (χ4n) is 1.35. The van der Waals surface area contributed by atoms with Crippen molar-refractivity contribution in [2.24, 2.45) is 0 Å². The van der Waals surface area contributed by atoms with Crippen molar-refractivity contribution in [1.29, 1.82) is 0 Å². The van der Waals surface area contributed by atoms with Crippen LogP contribution in [0.25, 0.3) is 0 Å². The van der Waals surface area contributed by atoms with Crippen LogP contribution in [-0.4, -0.2) is 25.3 Å². The highest BCUT2D eigenvalue weighted by Crippen LogP contribution is 2.06. The lowest BCUT2D eigenvalue weighted by atomic mass is 10.1. The minimum Gasteiger partial charge on any atom is -0.289 e. The van der Waals surface area contributed by atoms with Crippen molar-refractivity contribution in [1.82, 2.24) is 10.2 Å². The van der Waals surface area contributed by atoms with Gasteiger partial charge in [0.05, 0.1) is 5.75 Å². The van der Waals surface area contributed by atoms with E-state index in [4.69, 9.17) is 5.21 Å². The second-order valence-electron chi connectivity index (χ2n) is 3.85. The van der Waals surface area contributed by atoms with Crippen molar-refractivity contribution < 1.29 is 18.4 Å². The molecule has 0 aliphatic carbocycles. The molecule has 0 radical (unpaired) electrons. The van der Waals surface area contributed by atoms with E-state index in [0.717, 1.165) is 11.1 Å². The number of carbonyl (C=O) groups is 1. The van der Waals surface area contributed by atoms with Gasteiger partial charge in [0, 0.05) is 13.0 Å². The number of benzene rings is 1. The summed E-state index contributed by atoms with van der Waals surface area (Å²) in [7, 11) is -3.52. The minimum absolute atomic E-state index is 0.190. The third-order valence-electron chi connectivity index (χ3n) is 2.47. The van der Waals surface area contributed by atoms with E-state index in [-0.39, 0.29) is 18.7 Å². The quantitative estimate of drug-likeness (QED) is 0.513. The minimum atomic E-state index is -3.52. The van der Waals surface area contributed by atoms with Crippen LogP contribution in [0.3, 0.4) is 0 Å². The highest BCUT2D eigenvalue weighted by molar-refractivity contribution is 7.89. The molecule has 0 atom stereocenters. The first-order valence-corrected chi connectivity index (χ1v) is 7.04. The van der Waals surface area contributed by atoms with Gasteiger partial charge < -0.3 is 0 Å². The summed E-state index contributed by atoms with van der Waals surface area (Å²) >= 11 is 0. The Morgan fingerprint density at radius 1 is 1.33 bits per heavy atom. The second-order valence-corrected chi connectivity index (χ2v) is 5.78. The summed E-state index contributed by atoms with van der Waals surface area (Å²) in [6, 6.07) is 7.43. The van der Waals surface area contributed by atoms with E-state index in [1.807, 2.05) is 31.2 Å². The number of hydrogen-bond donors (Lipinski definition) is 3. The van der Waals surface area contributed by atoms with Crippen molar-refractivity contribution in [2.45, 2.75) is 19.9 Å². The van der Waals surface area contributed by atoms with E-state index < -0.39 is 15.9 Å². The number of amides is 1. The van der Waals surface area contributed by atoms with Crippen LogP contribution in [0.5, 0.6) is 0 Å². The zero-order valence-corrected chi connectivity index (χ0v) is 10.8. The van der Waals surface area contributed by atoms with Gasteiger partial charge in [0.1, 0.15) is 0 Å². The summed E-state index contributed by atoms with van der Waals surface area (Å²) < 4.78 is 25.5. The summed E-state index contributed by atoms with van der Waals surface area (Å²) in [5.41, 5.74) is 3.27. The number of nitrogens with one attached hydrogen (secondary N) is 2. The zero-order chi connectivity index (χ0) is 13.6. The molecule has 6 nitrogen and oxygen atoms in total. The van der Waals surface area contributed by atoms with E-state index in [0.29, 0.717) is 0 Å². The maximum Gasteiger partial charge on any atom is 0.244 e. The molecule has 0 saturated heterocycles. The van der Waals surface area contributed by atoms with Gasteiger partial charge in [0.15, 0.2) is 0 Å². The Morgan fingerprint density at radius 2 is 2.00 bits per heavy atom. The Kier molecular flexibility index (Phi) is 5.26. The molecule has 0 saturated carbocycles. The summed E-state index contributed by atoms with van der Waals surface area (Å²) in [4.78, 5) is 10.7. The molecule has 0 bridgehead atoms.